The normalized spacial score (nSPS) is 22.6. The Bertz CT molecular complexity index is 1640. The molecule has 6 rings (SSSR count). The maximum Gasteiger partial charge on any atom is 0.231 e. The van der Waals surface area contributed by atoms with Gasteiger partial charge in [-0.1, -0.05) is 30.2 Å². The van der Waals surface area contributed by atoms with Crippen LogP contribution < -0.4 is 37.7 Å². The van der Waals surface area contributed by atoms with Gasteiger partial charge in [-0.25, -0.2) is 9.38 Å². The number of aromatic amines is 1. The molecule has 1 saturated heterocycles. The van der Waals surface area contributed by atoms with Crippen LogP contribution in [0.3, 0.4) is 0 Å². The van der Waals surface area contributed by atoms with Crippen molar-refractivity contribution < 1.29 is 9.50 Å². The molecular formula is C34H44ClFN8O. The highest BCUT2D eigenvalue weighted by molar-refractivity contribution is 6.31. The number of aromatic nitrogens is 1. The first kappa shape index (κ1) is 31.5. The van der Waals surface area contributed by atoms with Crippen LogP contribution in [0, 0.1) is 17.1 Å². The van der Waals surface area contributed by atoms with Crippen LogP contribution in [0.2, 0.25) is 5.02 Å². The number of aliphatic hydroxyl groups excluding tert-OH is 1. The summed E-state index contributed by atoms with van der Waals surface area (Å²) in [4.78, 5) is 9.35. The van der Waals surface area contributed by atoms with E-state index in [2.05, 4.69) is 32.7 Å². The molecule has 3 aromatic rings. The van der Waals surface area contributed by atoms with E-state index in [1.807, 2.05) is 37.4 Å². The summed E-state index contributed by atoms with van der Waals surface area (Å²) in [6.07, 6.45) is 9.90. The fourth-order valence-corrected chi connectivity index (χ4v) is 6.99. The molecule has 9 nitrogen and oxygen atoms in total. The second-order valence-electron chi connectivity index (χ2n) is 13.0. The molecule has 1 aliphatic carbocycles. The van der Waals surface area contributed by atoms with Gasteiger partial charge in [0.05, 0.1) is 10.7 Å². The highest BCUT2D eigenvalue weighted by Crippen LogP contribution is 2.36. The first-order valence-electron chi connectivity index (χ1n) is 16.1. The lowest BCUT2D eigenvalue weighted by atomic mass is 9.89. The highest BCUT2D eigenvalue weighted by Gasteiger charge is 2.34. The van der Waals surface area contributed by atoms with Gasteiger partial charge in [0, 0.05) is 46.8 Å². The lowest BCUT2D eigenvalue weighted by molar-refractivity contribution is 0.186. The first-order chi connectivity index (χ1) is 21.6. The standard InChI is InChI=1S/C34H44ClFN8O/c1-19(37)4-2-5-20-14-26(31(36)27(35)15-20)30-16-23-18-44(34(45)43-32(23)41-30)25-12-10-21(11-13-25)28-7-3-6-24(40-28)17-29(22-8-9-22)42-33(38)39/h10-16,18-19,22,24,28-29,34,40,45H,2-9,17,37H2,1H3,(H,41,43)(H4,38,39,42)/t19-,24-,28-,29-,34?/m0/s1. The molecule has 9 N–H and O–H groups in total. The Kier molecular flexibility index (Phi) is 9.46. The predicted molar refractivity (Wildman–Crippen MR) is 178 cm³/mol. The molecule has 0 radical (unpaired) electrons. The minimum atomic E-state index is -1.13. The van der Waals surface area contributed by atoms with Gasteiger partial charge in [0.15, 0.2) is 11.8 Å². The number of nitrogens with zero attached hydrogens (tertiary/aromatic N) is 2. The van der Waals surface area contributed by atoms with Gasteiger partial charge >= 0.3 is 0 Å². The van der Waals surface area contributed by atoms with Crippen molar-refractivity contribution >= 4 is 29.4 Å². The Morgan fingerprint density at radius 1 is 1.20 bits per heavy atom. The van der Waals surface area contributed by atoms with Crippen molar-refractivity contribution in [2.75, 3.05) is 4.90 Å². The molecule has 2 fully saturated rings. The third kappa shape index (κ3) is 7.52. The zero-order chi connectivity index (χ0) is 31.7. The smallest absolute Gasteiger partial charge is 0.231 e. The second-order valence-corrected chi connectivity index (χ2v) is 13.4. The number of rotatable bonds is 11. The molecule has 1 unspecified atom stereocenters. The summed E-state index contributed by atoms with van der Waals surface area (Å²) in [5, 5.41) is 26.5. The SMILES string of the molecule is C[C@H](N)CCCc1cc(Cl)c(F)c(-c2cc3c([nH]2)=NC(O)N(c2ccc([C@@H]4CCC[C@@H](C[C@H](NC(=N)N)C5CC5)N4)cc2)C=3)c1. The van der Waals surface area contributed by atoms with Crippen molar-refractivity contribution in [3.8, 4) is 11.3 Å². The number of fused-ring (bicyclic) bond motifs is 1. The zero-order valence-corrected chi connectivity index (χ0v) is 26.5. The van der Waals surface area contributed by atoms with E-state index in [4.69, 9.17) is 28.5 Å². The van der Waals surface area contributed by atoms with Gasteiger partial charge in [-0.15, -0.1) is 0 Å². The number of aryl methyl sites for hydroxylation is 1. The van der Waals surface area contributed by atoms with E-state index in [9.17, 15) is 5.11 Å². The monoisotopic (exact) mass is 634 g/mol. The van der Waals surface area contributed by atoms with Crippen molar-refractivity contribution in [2.24, 2.45) is 22.4 Å². The molecule has 11 heteroatoms. The van der Waals surface area contributed by atoms with Crippen LogP contribution in [0.1, 0.15) is 75.5 Å². The van der Waals surface area contributed by atoms with Crippen LogP contribution in [0.25, 0.3) is 17.5 Å². The molecule has 2 aliphatic heterocycles. The Morgan fingerprint density at radius 2 is 1.98 bits per heavy atom. The maximum atomic E-state index is 15.2. The molecule has 45 heavy (non-hydrogen) atoms. The van der Waals surface area contributed by atoms with Crippen LogP contribution >= 0.6 is 11.6 Å². The molecule has 240 valence electrons. The van der Waals surface area contributed by atoms with Crippen molar-refractivity contribution in [3.05, 3.63) is 75.1 Å². The Hall–Kier alpha value is -3.44. The van der Waals surface area contributed by atoms with E-state index in [0.717, 1.165) is 61.4 Å². The van der Waals surface area contributed by atoms with E-state index in [1.54, 1.807) is 11.0 Å². The molecule has 3 heterocycles. The number of nitrogens with two attached hydrogens (primary N) is 2. The van der Waals surface area contributed by atoms with Gasteiger partial charge in [-0.3, -0.25) is 5.41 Å². The molecule has 5 atom stereocenters. The summed E-state index contributed by atoms with van der Waals surface area (Å²) in [6, 6.07) is 14.5. The maximum absolute atomic E-state index is 15.2. The summed E-state index contributed by atoms with van der Waals surface area (Å²) >= 11 is 6.28. The van der Waals surface area contributed by atoms with Crippen molar-refractivity contribution in [3.63, 3.8) is 0 Å². The van der Waals surface area contributed by atoms with Crippen LogP contribution in [0.4, 0.5) is 10.1 Å². The number of halogens is 2. The summed E-state index contributed by atoms with van der Waals surface area (Å²) in [6.45, 7) is 1.98. The van der Waals surface area contributed by atoms with Crippen LogP contribution in [0.5, 0.6) is 0 Å². The van der Waals surface area contributed by atoms with Crippen molar-refractivity contribution in [1.29, 1.82) is 5.41 Å². The van der Waals surface area contributed by atoms with E-state index >= 15 is 4.39 Å². The van der Waals surface area contributed by atoms with E-state index in [-0.39, 0.29) is 29.1 Å². The topological polar surface area (TPSA) is 152 Å². The van der Waals surface area contributed by atoms with E-state index in [1.165, 1.54) is 18.4 Å². The number of nitrogens with one attached hydrogen (secondary N) is 4. The molecule has 0 bridgehead atoms. The first-order valence-corrected chi connectivity index (χ1v) is 16.5. The second kappa shape index (κ2) is 13.5. The summed E-state index contributed by atoms with van der Waals surface area (Å²) < 4.78 is 15.2. The van der Waals surface area contributed by atoms with Gasteiger partial charge in [-0.05, 0) is 106 Å². The number of hydrogen-bond donors (Lipinski definition) is 7. The Labute approximate surface area is 268 Å². The number of anilines is 1. The summed E-state index contributed by atoms with van der Waals surface area (Å²) in [5.74, 6) is 0.175. The number of guanidine groups is 1. The molecule has 2 aromatic carbocycles. The van der Waals surface area contributed by atoms with Gasteiger partial charge in [-0.2, -0.15) is 0 Å². The zero-order valence-electron chi connectivity index (χ0n) is 25.7. The average Bonchev–Trinajstić information content (AvgIpc) is 3.78. The van der Waals surface area contributed by atoms with E-state index in [0.29, 0.717) is 28.7 Å². The van der Waals surface area contributed by atoms with Gasteiger partial charge in [0.25, 0.3) is 0 Å². The molecule has 1 aromatic heterocycles. The predicted octanol–water partition coefficient (Wildman–Crippen LogP) is 4.13. The minimum Gasteiger partial charge on any atom is -0.370 e. The van der Waals surface area contributed by atoms with Crippen LogP contribution in [-0.4, -0.2) is 40.5 Å². The number of aliphatic hydroxyl groups is 1. The number of benzene rings is 2. The minimum absolute atomic E-state index is 0.0517. The van der Waals surface area contributed by atoms with Crippen LogP contribution in [-0.2, 0) is 6.42 Å². The number of H-pyrrole nitrogens is 1. The largest absolute Gasteiger partial charge is 0.370 e. The molecule has 0 spiro atoms. The van der Waals surface area contributed by atoms with E-state index < -0.39 is 12.2 Å². The van der Waals surface area contributed by atoms with Crippen molar-refractivity contribution in [2.45, 2.75) is 95.2 Å². The van der Waals surface area contributed by atoms with Gasteiger partial charge in [0.1, 0.15) is 5.49 Å². The quantitative estimate of drug-likeness (QED) is 0.124. The fourth-order valence-electron chi connectivity index (χ4n) is 6.75. The molecule has 0 amide bonds. The summed E-state index contributed by atoms with van der Waals surface area (Å²) in [5.41, 5.74) is 15.9. The fraction of sp³-hybridized carbons (Fsp3) is 0.471. The van der Waals surface area contributed by atoms with Crippen LogP contribution in [0.15, 0.2) is 47.5 Å². The summed E-state index contributed by atoms with van der Waals surface area (Å²) in [7, 11) is 0. The molecule has 1 saturated carbocycles. The third-order valence-electron chi connectivity index (χ3n) is 9.25. The average molecular weight is 635 g/mol. The van der Waals surface area contributed by atoms with Gasteiger partial charge < -0.3 is 37.1 Å². The van der Waals surface area contributed by atoms with Gasteiger partial charge in [0.2, 0.25) is 6.35 Å². The number of hydrogen-bond acceptors (Lipinski definition) is 6. The third-order valence-corrected chi connectivity index (χ3v) is 9.52. The highest BCUT2D eigenvalue weighted by atomic mass is 35.5. The lowest BCUT2D eigenvalue weighted by Gasteiger charge is -2.34. The molecular weight excluding hydrogens is 591 g/mol. The number of piperidine rings is 1. The molecule has 3 aliphatic rings. The Morgan fingerprint density at radius 3 is 2.69 bits per heavy atom. The lowest BCUT2D eigenvalue weighted by Crippen LogP contribution is -2.46. The van der Waals surface area contributed by atoms with Crippen molar-refractivity contribution in [1.82, 2.24) is 15.6 Å². The Balaban J connectivity index is 1.16.